The van der Waals surface area contributed by atoms with Gasteiger partial charge in [0.1, 0.15) is 34.5 Å². The molecule has 0 aliphatic rings. The highest BCUT2D eigenvalue weighted by Crippen LogP contribution is 2.28. The fraction of sp³-hybridized carbons (Fsp3) is 0.313. The molecule has 0 unspecified atom stereocenters. The van der Waals surface area contributed by atoms with E-state index in [1.54, 1.807) is 12.1 Å². The van der Waals surface area contributed by atoms with Crippen molar-refractivity contribution < 1.29 is 48.3 Å². The van der Waals surface area contributed by atoms with E-state index in [4.69, 9.17) is 34.5 Å². The fourth-order valence-electron chi connectivity index (χ4n) is 9.72. The third kappa shape index (κ3) is 29.2. The predicted molar refractivity (Wildman–Crippen MR) is 389 cm³/mol. The van der Waals surface area contributed by atoms with E-state index < -0.39 is 5.97 Å². The molecule has 0 fully saturated rings. The number of unbranched alkanes of at least 4 members (excludes halogenated alkanes) is 5. The Labute approximate surface area is 570 Å². The number of aliphatic carboxylic acids is 1. The third-order valence-corrected chi connectivity index (χ3v) is 15.1. The summed E-state index contributed by atoms with van der Waals surface area (Å²) < 4.78 is 28.8. The standard InChI is InChI=1S/C29H35NO3.C25H27NO3.C15H25NO2.C14H12O2/c1-3-5-16-32-27-18-24(19-28(21-27)33-17-6-4-2)22-30-29(31)20-23-12-14-26(15-13-23)25-10-8-7-9-11-25;1-2-3-13-29-24-15-20(14-23(27)17-24)18-26-25(28)16-19-9-11-22(12-10-19)21-7-5-4-6-8-21;1-3-5-7-17-14-9-13(12-16)10-15(11-14)18-8-6-4-2;15-14(16)10-11-6-8-13(9-7-11)12-4-2-1-3-5-12/h7-15,18-19,21H,3-6,16-17,20,22H2,1-2H3,(H,30,31);4-12,14-15,17,27H,2-3,13,16,18H2,1H3,(H,26,28);9-11H,3-8,12,16H2,1-2H3;1-9H,10H2,(H,15,16). The number of rotatable bonds is 34. The topological polar surface area (TPSA) is 188 Å². The largest absolute Gasteiger partial charge is 0.508 e. The van der Waals surface area contributed by atoms with E-state index >= 15 is 0 Å². The fourth-order valence-corrected chi connectivity index (χ4v) is 9.72. The van der Waals surface area contributed by atoms with Crippen molar-refractivity contribution in [2.24, 2.45) is 5.73 Å². The average molecular weight is 1300 g/mol. The zero-order chi connectivity index (χ0) is 68.4. The van der Waals surface area contributed by atoms with E-state index in [2.05, 4.69) is 81.7 Å². The van der Waals surface area contributed by atoms with Crippen molar-refractivity contribution in [1.29, 1.82) is 0 Å². The summed E-state index contributed by atoms with van der Waals surface area (Å²) in [6.07, 6.45) is 11.4. The summed E-state index contributed by atoms with van der Waals surface area (Å²) in [6.45, 7) is 15.5. The van der Waals surface area contributed by atoms with Gasteiger partial charge >= 0.3 is 5.97 Å². The third-order valence-electron chi connectivity index (χ3n) is 15.1. The van der Waals surface area contributed by atoms with Gasteiger partial charge in [-0.15, -0.1) is 0 Å². The molecule has 0 aliphatic carbocycles. The molecule has 9 aromatic carbocycles. The number of nitrogens with one attached hydrogen (secondary N) is 2. The number of nitrogens with two attached hydrogens (primary N) is 1. The number of carbonyl (C=O) groups is 3. The highest BCUT2D eigenvalue weighted by molar-refractivity contribution is 5.80. The quantitative estimate of drug-likeness (QED) is 0.0242. The van der Waals surface area contributed by atoms with Gasteiger partial charge in [-0.05, 0) is 135 Å². The maximum atomic E-state index is 12.6. The van der Waals surface area contributed by atoms with Crippen LogP contribution in [0.15, 0.2) is 218 Å². The molecule has 13 heteroatoms. The van der Waals surface area contributed by atoms with E-state index in [-0.39, 0.29) is 24.0 Å². The van der Waals surface area contributed by atoms with Gasteiger partial charge in [0.15, 0.2) is 0 Å². The van der Waals surface area contributed by atoms with Gasteiger partial charge in [0, 0.05) is 37.8 Å². The number of benzene rings is 9. The van der Waals surface area contributed by atoms with E-state index in [1.165, 1.54) is 5.56 Å². The molecule has 9 rings (SSSR count). The normalized spacial score (nSPS) is 10.4. The summed E-state index contributed by atoms with van der Waals surface area (Å²) in [5.74, 6) is 3.20. The van der Waals surface area contributed by atoms with Crippen LogP contribution >= 0.6 is 0 Å². The molecule has 0 atom stereocenters. The minimum Gasteiger partial charge on any atom is -0.508 e. The van der Waals surface area contributed by atoms with Crippen LogP contribution in [-0.4, -0.2) is 61.0 Å². The van der Waals surface area contributed by atoms with Crippen LogP contribution in [0.5, 0.6) is 34.5 Å². The maximum Gasteiger partial charge on any atom is 0.307 e. The van der Waals surface area contributed by atoms with Crippen molar-refractivity contribution in [3.8, 4) is 67.9 Å². The Balaban J connectivity index is 0.000000211. The first kappa shape index (κ1) is 75.2. The average Bonchev–Trinajstić information content (AvgIpc) is 1.34. The molecule has 96 heavy (non-hydrogen) atoms. The number of hydrogen-bond acceptors (Lipinski definition) is 10. The summed E-state index contributed by atoms with van der Waals surface area (Å²) >= 11 is 0. The first-order valence-corrected chi connectivity index (χ1v) is 34.0. The van der Waals surface area contributed by atoms with Gasteiger partial charge in [0.2, 0.25) is 11.8 Å². The molecule has 0 heterocycles. The van der Waals surface area contributed by atoms with Gasteiger partial charge in [0.05, 0.1) is 52.3 Å². The first-order valence-electron chi connectivity index (χ1n) is 34.0. The second kappa shape index (κ2) is 43.9. The lowest BCUT2D eigenvalue weighted by Crippen LogP contribution is -2.24. The van der Waals surface area contributed by atoms with E-state index in [0.29, 0.717) is 58.0 Å². The number of carboxylic acid groups (broad SMARTS) is 1. The molecule has 13 nitrogen and oxygen atoms in total. The van der Waals surface area contributed by atoms with Crippen LogP contribution in [0.25, 0.3) is 33.4 Å². The Kier molecular flexibility index (Phi) is 34.4. The van der Waals surface area contributed by atoms with Gasteiger partial charge in [-0.2, -0.15) is 0 Å². The lowest BCUT2D eigenvalue weighted by atomic mass is 10.0. The highest BCUT2D eigenvalue weighted by Gasteiger charge is 2.11. The minimum atomic E-state index is -0.799. The maximum absolute atomic E-state index is 12.6. The van der Waals surface area contributed by atoms with E-state index in [9.17, 15) is 19.5 Å². The van der Waals surface area contributed by atoms with Crippen molar-refractivity contribution in [3.05, 3.63) is 252 Å². The molecule has 0 saturated carbocycles. The summed E-state index contributed by atoms with van der Waals surface area (Å²) in [4.78, 5) is 35.4. The van der Waals surface area contributed by atoms with Crippen LogP contribution in [-0.2, 0) is 53.3 Å². The molecular weight excluding hydrogens is 1200 g/mol. The van der Waals surface area contributed by atoms with Gasteiger partial charge in [-0.1, -0.05) is 231 Å². The Morgan fingerprint density at radius 1 is 0.333 bits per heavy atom. The van der Waals surface area contributed by atoms with Crippen LogP contribution in [0.4, 0.5) is 0 Å². The number of aromatic hydroxyl groups is 1. The number of phenols is 1. The van der Waals surface area contributed by atoms with Crippen LogP contribution in [0.2, 0.25) is 0 Å². The van der Waals surface area contributed by atoms with Gasteiger partial charge in [0.25, 0.3) is 0 Å². The highest BCUT2D eigenvalue weighted by atomic mass is 16.5. The number of carboxylic acids is 1. The Morgan fingerprint density at radius 3 is 0.896 bits per heavy atom. The summed E-state index contributed by atoms with van der Waals surface area (Å²) in [5.41, 5.74) is 18.2. The number of carbonyl (C=O) groups excluding carboxylic acids is 2. The number of hydrogen-bond donors (Lipinski definition) is 5. The molecule has 6 N–H and O–H groups in total. The lowest BCUT2D eigenvalue weighted by molar-refractivity contribution is -0.136. The molecular formula is C83H99N3O10. The summed E-state index contributed by atoms with van der Waals surface area (Å²) in [7, 11) is 0. The van der Waals surface area contributed by atoms with Gasteiger partial charge in [-0.25, -0.2) is 0 Å². The molecule has 9 aromatic rings. The van der Waals surface area contributed by atoms with Crippen LogP contribution < -0.4 is 40.1 Å². The van der Waals surface area contributed by atoms with E-state index in [1.807, 2.05) is 170 Å². The second-order valence-corrected chi connectivity index (χ2v) is 23.3. The Morgan fingerprint density at radius 2 is 0.604 bits per heavy atom. The zero-order valence-corrected chi connectivity index (χ0v) is 56.9. The van der Waals surface area contributed by atoms with Crippen molar-refractivity contribution in [1.82, 2.24) is 10.6 Å². The summed E-state index contributed by atoms with van der Waals surface area (Å²) in [5, 5.41) is 24.5. The molecule has 0 bridgehead atoms. The Bertz CT molecular complexity index is 3590. The van der Waals surface area contributed by atoms with Crippen molar-refractivity contribution >= 4 is 17.8 Å². The molecule has 0 radical (unpaired) electrons. The van der Waals surface area contributed by atoms with Crippen LogP contribution in [0.1, 0.15) is 132 Å². The van der Waals surface area contributed by atoms with E-state index in [0.717, 1.165) is 162 Å². The van der Waals surface area contributed by atoms with Crippen molar-refractivity contribution in [2.75, 3.05) is 33.0 Å². The molecule has 2 amide bonds. The number of amides is 2. The Hall–Kier alpha value is -9.85. The summed E-state index contributed by atoms with van der Waals surface area (Å²) in [6, 6.07) is 71.1. The molecule has 0 spiro atoms. The predicted octanol–water partition coefficient (Wildman–Crippen LogP) is 18.2. The van der Waals surface area contributed by atoms with Gasteiger partial charge in [-0.3, -0.25) is 14.4 Å². The minimum absolute atomic E-state index is 0.00628. The SMILES string of the molecule is CCCCOc1cc(CN)cc(OCCCC)c1.CCCCOc1cc(CNC(=O)Cc2ccc(-c3ccccc3)cc2)cc(OCCCC)c1.CCCCOc1cc(O)cc(CNC(=O)Cc2ccc(-c3ccccc3)cc2)c1.O=C(O)Cc1ccc(-c2ccccc2)cc1. The van der Waals surface area contributed by atoms with Crippen molar-refractivity contribution in [2.45, 2.75) is 138 Å². The van der Waals surface area contributed by atoms with Gasteiger partial charge < -0.3 is 50.3 Å². The molecule has 0 aliphatic heterocycles. The molecule has 0 aromatic heterocycles. The lowest BCUT2D eigenvalue weighted by Gasteiger charge is -2.13. The second-order valence-electron chi connectivity index (χ2n) is 23.3. The number of phenolic OH excluding ortho intramolecular Hbond substituents is 1. The smallest absolute Gasteiger partial charge is 0.307 e. The van der Waals surface area contributed by atoms with Crippen LogP contribution in [0, 0.1) is 0 Å². The van der Waals surface area contributed by atoms with Crippen molar-refractivity contribution in [3.63, 3.8) is 0 Å². The monoisotopic (exact) mass is 1300 g/mol. The zero-order valence-electron chi connectivity index (χ0n) is 56.9. The molecule has 0 saturated heterocycles. The van der Waals surface area contributed by atoms with Crippen LogP contribution in [0.3, 0.4) is 0 Å². The first-order chi connectivity index (χ1) is 46.9. The number of ether oxygens (including phenoxy) is 5. The molecule has 506 valence electrons.